The van der Waals surface area contributed by atoms with E-state index in [4.69, 9.17) is 5.11 Å². The zero-order valence-electron chi connectivity index (χ0n) is 9.14. The van der Waals surface area contributed by atoms with Crippen LogP contribution < -0.4 is 0 Å². The van der Waals surface area contributed by atoms with Gasteiger partial charge in [0.15, 0.2) is 5.78 Å². The third-order valence-corrected chi connectivity index (χ3v) is 0.683. The lowest BCUT2D eigenvalue weighted by Gasteiger charge is -2.02. The molecule has 0 atom stereocenters. The van der Waals surface area contributed by atoms with Gasteiger partial charge in [-0.1, -0.05) is 41.5 Å². The van der Waals surface area contributed by atoms with E-state index in [1.807, 2.05) is 41.5 Å². The predicted molar refractivity (Wildman–Crippen MR) is 54.4 cm³/mol. The molecule has 0 saturated heterocycles. The van der Waals surface area contributed by atoms with Crippen molar-refractivity contribution < 1.29 is 9.90 Å². The van der Waals surface area contributed by atoms with Crippen LogP contribution in [0.15, 0.2) is 11.8 Å². The van der Waals surface area contributed by atoms with Gasteiger partial charge in [0.25, 0.3) is 0 Å². The van der Waals surface area contributed by atoms with Crippen LogP contribution in [0.25, 0.3) is 0 Å². The molecule has 1 aliphatic rings. The Labute approximate surface area is 76.3 Å². The molecule has 1 N–H and O–H groups in total. The first-order chi connectivity index (χ1) is 5.79. The minimum atomic E-state index is 0.0208. The van der Waals surface area contributed by atoms with Crippen molar-refractivity contribution in [1.82, 2.24) is 0 Å². The Bertz CT molecular complexity index is 115. The van der Waals surface area contributed by atoms with Crippen molar-refractivity contribution in [2.45, 2.75) is 48.0 Å². The maximum absolute atomic E-state index is 9.87. The van der Waals surface area contributed by atoms with Gasteiger partial charge in [0, 0.05) is 6.08 Å². The normalized spacial score (nSPS) is 11.2. The van der Waals surface area contributed by atoms with Crippen LogP contribution in [-0.2, 0) is 4.79 Å². The number of aliphatic hydroxyl groups excluding tert-OH is 1. The molecule has 2 heteroatoms. The Morgan fingerprint density at radius 1 is 1.08 bits per heavy atom. The highest BCUT2D eigenvalue weighted by atomic mass is 16.3. The molecule has 74 valence electrons. The molecule has 0 heterocycles. The third kappa shape index (κ3) is 11.9. The van der Waals surface area contributed by atoms with Crippen LogP contribution in [-0.4, -0.2) is 10.9 Å². The average Bonchev–Trinajstić information content (AvgIpc) is 2.13. The summed E-state index contributed by atoms with van der Waals surface area (Å²) in [6, 6.07) is 0. The Kier molecular flexibility index (Phi) is 24.1. The van der Waals surface area contributed by atoms with Crippen LogP contribution in [0, 0.1) is 0 Å². The molecule has 0 aromatic rings. The van der Waals surface area contributed by atoms with Crippen LogP contribution >= 0.6 is 0 Å². The number of allylic oxidation sites excluding steroid dienone is 2. The van der Waals surface area contributed by atoms with Crippen molar-refractivity contribution >= 4 is 5.78 Å². The van der Waals surface area contributed by atoms with E-state index in [1.165, 1.54) is 6.08 Å². The van der Waals surface area contributed by atoms with Gasteiger partial charge in [-0.15, -0.1) is 0 Å². The summed E-state index contributed by atoms with van der Waals surface area (Å²) in [6.07, 6.45) is 1.47. The Balaban J connectivity index is -0.000000117. The highest BCUT2D eigenvalue weighted by molar-refractivity contribution is 5.97. The van der Waals surface area contributed by atoms with E-state index in [2.05, 4.69) is 0 Å². The lowest BCUT2D eigenvalue weighted by molar-refractivity contribution is -0.116. The summed E-state index contributed by atoms with van der Waals surface area (Å²) in [6.45, 7) is 12.0. The van der Waals surface area contributed by atoms with Crippen molar-refractivity contribution in [2.24, 2.45) is 0 Å². The number of carbonyl (C=O) groups is 1. The van der Waals surface area contributed by atoms with E-state index in [0.29, 0.717) is 0 Å². The van der Waals surface area contributed by atoms with Gasteiger partial charge in [-0.25, -0.2) is 0 Å². The molecule has 0 fully saturated rings. The molecule has 0 spiro atoms. The molecular formula is C10H22O2. The Morgan fingerprint density at radius 3 is 1.33 bits per heavy atom. The number of hydrogen-bond acceptors (Lipinski definition) is 2. The van der Waals surface area contributed by atoms with Gasteiger partial charge >= 0.3 is 0 Å². The van der Waals surface area contributed by atoms with Gasteiger partial charge in [0.05, 0.1) is 6.42 Å². The fraction of sp³-hybridized carbons (Fsp3) is 0.700. The predicted octanol–water partition coefficient (Wildman–Crippen LogP) is 3.48. The van der Waals surface area contributed by atoms with Crippen LogP contribution in [0.2, 0.25) is 0 Å². The minimum absolute atomic E-state index is 0.0208. The maximum atomic E-state index is 9.87. The zero-order valence-corrected chi connectivity index (χ0v) is 9.14. The number of carbonyl (C=O) groups excluding carboxylic acids is 1. The summed E-state index contributed by atoms with van der Waals surface area (Å²) in [7, 11) is 0. The summed E-state index contributed by atoms with van der Waals surface area (Å²) in [5.41, 5.74) is 0. The van der Waals surface area contributed by atoms with Crippen molar-refractivity contribution in [2.75, 3.05) is 0 Å². The van der Waals surface area contributed by atoms with Crippen molar-refractivity contribution in [1.29, 1.82) is 0 Å². The molecule has 0 radical (unpaired) electrons. The second-order valence-electron chi connectivity index (χ2n) is 1.28. The van der Waals surface area contributed by atoms with Crippen LogP contribution in [0.4, 0.5) is 0 Å². The summed E-state index contributed by atoms with van der Waals surface area (Å²) in [5, 5.41) is 8.26. The molecule has 2 nitrogen and oxygen atoms in total. The van der Waals surface area contributed by atoms with E-state index >= 15 is 0 Å². The minimum Gasteiger partial charge on any atom is -0.512 e. The first kappa shape index (κ1) is 17.3. The molecule has 0 aliphatic heterocycles. The van der Waals surface area contributed by atoms with Crippen LogP contribution in [0.3, 0.4) is 0 Å². The largest absolute Gasteiger partial charge is 0.512 e. The van der Waals surface area contributed by atoms with Crippen LogP contribution in [0.1, 0.15) is 48.0 Å². The van der Waals surface area contributed by atoms with Gasteiger partial charge in [0.2, 0.25) is 0 Å². The van der Waals surface area contributed by atoms with E-state index in [0.717, 1.165) is 0 Å². The van der Waals surface area contributed by atoms with E-state index < -0.39 is 0 Å². The molecule has 0 saturated carbocycles. The molecule has 0 aromatic heterocycles. The molecule has 1 rings (SSSR count). The fourth-order valence-corrected chi connectivity index (χ4v) is 0.335. The molecule has 12 heavy (non-hydrogen) atoms. The van der Waals surface area contributed by atoms with Crippen molar-refractivity contribution in [3.63, 3.8) is 0 Å². The molecule has 0 aromatic carbocycles. The van der Waals surface area contributed by atoms with Gasteiger partial charge < -0.3 is 5.11 Å². The molecular weight excluding hydrogens is 152 g/mol. The second-order valence-corrected chi connectivity index (χ2v) is 1.28. The van der Waals surface area contributed by atoms with Gasteiger partial charge in [-0.3, -0.25) is 4.79 Å². The van der Waals surface area contributed by atoms with Gasteiger partial charge in [-0.2, -0.15) is 0 Å². The number of rotatable bonds is 0. The highest BCUT2D eigenvalue weighted by Crippen LogP contribution is 2.08. The topological polar surface area (TPSA) is 37.3 Å². The summed E-state index contributed by atoms with van der Waals surface area (Å²) < 4.78 is 0. The van der Waals surface area contributed by atoms with E-state index in [1.54, 1.807) is 0 Å². The van der Waals surface area contributed by atoms with Crippen molar-refractivity contribution in [3.8, 4) is 0 Å². The van der Waals surface area contributed by atoms with E-state index in [-0.39, 0.29) is 18.0 Å². The quantitative estimate of drug-likeness (QED) is 0.610. The molecule has 0 bridgehead atoms. The standard InChI is InChI=1S/C4H4O2.3C2H6/c5-3-1-4(6)2-3;3*1-2/h1,5H,2H2;3*1-2H3. The SMILES string of the molecule is CC.CC.CC.O=C1C=C(O)C1. The van der Waals surface area contributed by atoms with Gasteiger partial charge in [-0.05, 0) is 0 Å². The summed E-state index contributed by atoms with van der Waals surface area (Å²) >= 11 is 0. The Morgan fingerprint density at radius 2 is 1.33 bits per heavy atom. The second kappa shape index (κ2) is 16.7. The van der Waals surface area contributed by atoms with Crippen LogP contribution in [0.5, 0.6) is 0 Å². The first-order valence-corrected chi connectivity index (χ1v) is 4.71. The molecule has 0 amide bonds. The first-order valence-electron chi connectivity index (χ1n) is 4.71. The van der Waals surface area contributed by atoms with E-state index in [9.17, 15) is 4.79 Å². The highest BCUT2D eigenvalue weighted by Gasteiger charge is 2.11. The smallest absolute Gasteiger partial charge is 0.166 e. The fourth-order valence-electron chi connectivity index (χ4n) is 0.335. The monoisotopic (exact) mass is 174 g/mol. The lowest BCUT2D eigenvalue weighted by atomic mass is 10.1. The number of ketones is 1. The third-order valence-electron chi connectivity index (χ3n) is 0.683. The molecule has 0 unspecified atom stereocenters. The number of aliphatic hydroxyl groups is 1. The van der Waals surface area contributed by atoms with Gasteiger partial charge in [0.1, 0.15) is 5.76 Å². The maximum Gasteiger partial charge on any atom is 0.166 e. The zero-order chi connectivity index (χ0) is 10.6. The number of hydrogen-bond donors (Lipinski definition) is 1. The average molecular weight is 174 g/mol. The summed E-state index contributed by atoms with van der Waals surface area (Å²) in [4.78, 5) is 9.87. The summed E-state index contributed by atoms with van der Waals surface area (Å²) in [5.74, 6) is 0.229. The van der Waals surface area contributed by atoms with Crippen molar-refractivity contribution in [3.05, 3.63) is 11.8 Å². The Hall–Kier alpha value is -0.790. The lowest BCUT2D eigenvalue weighted by Crippen LogP contribution is -2.06. The molecule has 1 aliphatic carbocycles.